The topological polar surface area (TPSA) is 76.1 Å². The lowest BCUT2D eigenvalue weighted by atomic mass is 9.83. The van der Waals surface area contributed by atoms with Crippen molar-refractivity contribution in [1.82, 2.24) is 9.55 Å². The van der Waals surface area contributed by atoms with E-state index in [1.807, 2.05) is 63.4 Å². The van der Waals surface area contributed by atoms with Gasteiger partial charge in [-0.25, -0.2) is 9.18 Å². The fourth-order valence-corrected chi connectivity index (χ4v) is 4.38. The van der Waals surface area contributed by atoms with Gasteiger partial charge in [-0.15, -0.1) is 0 Å². The standard InChI is InChI=1S/C26H26FN3O3S/c1-26(2,3)19-14-20(30-11-10-21(31)28-25(30)32)23(27)22(24(19)33-4)17-7-6-16-13-18(29-34-5)9-8-15(16)12-17/h6-14,29H,1-5H3,(H,28,31,32). The summed E-state index contributed by atoms with van der Waals surface area (Å²) in [6.07, 6.45) is 3.23. The van der Waals surface area contributed by atoms with E-state index in [0.29, 0.717) is 11.3 Å². The molecule has 176 valence electrons. The minimum Gasteiger partial charge on any atom is -0.496 e. The molecule has 0 saturated heterocycles. The van der Waals surface area contributed by atoms with Gasteiger partial charge < -0.3 is 9.46 Å². The number of anilines is 1. The van der Waals surface area contributed by atoms with E-state index < -0.39 is 22.5 Å². The number of methoxy groups -OCH3 is 1. The van der Waals surface area contributed by atoms with Crippen molar-refractivity contribution in [3.63, 3.8) is 0 Å². The Balaban J connectivity index is 2.03. The number of aromatic amines is 1. The highest BCUT2D eigenvalue weighted by atomic mass is 32.2. The van der Waals surface area contributed by atoms with Gasteiger partial charge >= 0.3 is 5.69 Å². The van der Waals surface area contributed by atoms with E-state index in [1.54, 1.807) is 6.07 Å². The van der Waals surface area contributed by atoms with E-state index in [2.05, 4.69) is 9.71 Å². The first-order chi connectivity index (χ1) is 16.1. The normalized spacial score (nSPS) is 11.6. The van der Waals surface area contributed by atoms with Gasteiger partial charge in [-0.3, -0.25) is 14.3 Å². The van der Waals surface area contributed by atoms with Crippen molar-refractivity contribution < 1.29 is 9.13 Å². The van der Waals surface area contributed by atoms with Crippen molar-refractivity contribution in [2.75, 3.05) is 18.1 Å². The minimum atomic E-state index is -0.713. The third-order valence-electron chi connectivity index (χ3n) is 5.64. The Morgan fingerprint density at radius 1 is 1.03 bits per heavy atom. The maximum Gasteiger partial charge on any atom is 0.333 e. The number of halogens is 1. The highest BCUT2D eigenvalue weighted by Crippen LogP contribution is 2.43. The van der Waals surface area contributed by atoms with Crippen molar-refractivity contribution in [2.24, 2.45) is 0 Å². The lowest BCUT2D eigenvalue weighted by Gasteiger charge is -2.26. The Bertz CT molecular complexity index is 1500. The van der Waals surface area contributed by atoms with Gasteiger partial charge in [0.05, 0.1) is 18.4 Å². The van der Waals surface area contributed by atoms with E-state index in [9.17, 15) is 9.59 Å². The van der Waals surface area contributed by atoms with Crippen LogP contribution in [0.3, 0.4) is 0 Å². The smallest absolute Gasteiger partial charge is 0.333 e. The van der Waals surface area contributed by atoms with Gasteiger partial charge in [0.15, 0.2) is 5.82 Å². The lowest BCUT2D eigenvalue weighted by molar-refractivity contribution is 0.396. The lowest BCUT2D eigenvalue weighted by Crippen LogP contribution is -2.28. The average Bonchev–Trinajstić information content (AvgIpc) is 2.78. The van der Waals surface area contributed by atoms with Gasteiger partial charge in [0.1, 0.15) is 5.75 Å². The molecule has 3 aromatic carbocycles. The Hall–Kier alpha value is -3.52. The fraction of sp³-hybridized carbons (Fsp3) is 0.231. The fourth-order valence-electron chi connectivity index (χ4n) is 4.02. The highest BCUT2D eigenvalue weighted by molar-refractivity contribution is 7.99. The molecule has 2 N–H and O–H groups in total. The molecule has 4 aromatic rings. The maximum atomic E-state index is 16.2. The summed E-state index contributed by atoms with van der Waals surface area (Å²) in [5.41, 5.74) is 0.968. The second-order valence-corrected chi connectivity index (χ2v) is 9.59. The molecule has 0 saturated carbocycles. The van der Waals surface area contributed by atoms with Crippen LogP contribution in [0.2, 0.25) is 0 Å². The quantitative estimate of drug-likeness (QED) is 0.371. The molecule has 4 rings (SSSR count). The third kappa shape index (κ3) is 4.33. The van der Waals surface area contributed by atoms with Crippen molar-refractivity contribution in [2.45, 2.75) is 26.2 Å². The molecule has 0 aliphatic rings. The van der Waals surface area contributed by atoms with E-state index in [0.717, 1.165) is 26.6 Å². The Morgan fingerprint density at radius 3 is 2.38 bits per heavy atom. The molecule has 0 spiro atoms. The molecule has 0 atom stereocenters. The molecule has 0 radical (unpaired) electrons. The van der Waals surface area contributed by atoms with Gasteiger partial charge in [-0.1, -0.05) is 50.9 Å². The van der Waals surface area contributed by atoms with Gasteiger partial charge in [0, 0.05) is 29.8 Å². The van der Waals surface area contributed by atoms with Gasteiger partial charge in [-0.05, 0) is 46.0 Å². The summed E-state index contributed by atoms with van der Waals surface area (Å²) in [5.74, 6) is -0.203. The summed E-state index contributed by atoms with van der Waals surface area (Å²) in [7, 11) is 1.51. The van der Waals surface area contributed by atoms with Crippen LogP contribution in [0.15, 0.2) is 64.3 Å². The first-order valence-electron chi connectivity index (χ1n) is 10.7. The van der Waals surface area contributed by atoms with Gasteiger partial charge in [0.2, 0.25) is 0 Å². The number of aromatic nitrogens is 2. The summed E-state index contributed by atoms with van der Waals surface area (Å²) in [6, 6.07) is 14.5. The number of hydrogen-bond donors (Lipinski definition) is 2. The van der Waals surface area contributed by atoms with E-state index >= 15 is 4.39 Å². The number of ether oxygens (including phenoxy) is 1. The zero-order valence-electron chi connectivity index (χ0n) is 19.7. The number of benzene rings is 3. The van der Waals surface area contributed by atoms with Crippen molar-refractivity contribution in [1.29, 1.82) is 0 Å². The molecule has 0 unspecified atom stereocenters. The molecule has 1 aromatic heterocycles. The summed E-state index contributed by atoms with van der Waals surface area (Å²) < 4.78 is 26.2. The first kappa shape index (κ1) is 23.6. The number of nitrogens with zero attached hydrogens (tertiary/aromatic N) is 1. The molecule has 6 nitrogen and oxygen atoms in total. The Morgan fingerprint density at radius 2 is 1.74 bits per heavy atom. The third-order valence-corrected chi connectivity index (χ3v) is 6.08. The summed E-state index contributed by atoms with van der Waals surface area (Å²) in [6.45, 7) is 5.98. The van der Waals surface area contributed by atoms with Crippen LogP contribution < -0.4 is 20.7 Å². The molecule has 34 heavy (non-hydrogen) atoms. The molecule has 8 heteroatoms. The molecule has 0 bridgehead atoms. The highest BCUT2D eigenvalue weighted by Gasteiger charge is 2.28. The first-order valence-corrected chi connectivity index (χ1v) is 11.9. The number of hydrogen-bond acceptors (Lipinski definition) is 5. The van der Waals surface area contributed by atoms with Crippen molar-refractivity contribution in [3.8, 4) is 22.6 Å². The molecule has 0 fully saturated rings. The number of H-pyrrole nitrogens is 1. The summed E-state index contributed by atoms with van der Waals surface area (Å²) in [5, 5.41) is 1.95. The van der Waals surface area contributed by atoms with Crippen molar-refractivity contribution >= 4 is 28.4 Å². The van der Waals surface area contributed by atoms with E-state index in [-0.39, 0.29) is 11.3 Å². The second-order valence-electron chi connectivity index (χ2n) is 8.98. The van der Waals surface area contributed by atoms with E-state index in [1.165, 1.54) is 31.3 Å². The van der Waals surface area contributed by atoms with Crippen LogP contribution in [0, 0.1) is 5.82 Å². The Labute approximate surface area is 200 Å². The second kappa shape index (κ2) is 9.02. The molecule has 0 aliphatic heterocycles. The average molecular weight is 480 g/mol. The SMILES string of the molecule is COc1c(C(C)(C)C)cc(-n2ccc(=O)[nH]c2=O)c(F)c1-c1ccc2cc(NSC)ccc2c1. The Kier molecular flexibility index (Phi) is 6.27. The van der Waals surface area contributed by atoms with Crippen LogP contribution in [0.4, 0.5) is 10.1 Å². The van der Waals surface area contributed by atoms with Crippen LogP contribution in [0.5, 0.6) is 5.75 Å². The molecule has 0 amide bonds. The van der Waals surface area contributed by atoms with E-state index in [4.69, 9.17) is 4.74 Å². The molecule has 0 aliphatic carbocycles. The molecular formula is C26H26FN3O3S. The van der Waals surface area contributed by atoms with Crippen molar-refractivity contribution in [3.05, 3.63) is 86.9 Å². The number of fused-ring (bicyclic) bond motifs is 1. The van der Waals surface area contributed by atoms with Crippen LogP contribution >= 0.6 is 11.9 Å². The van der Waals surface area contributed by atoms with Gasteiger partial charge in [0.25, 0.3) is 5.56 Å². The minimum absolute atomic E-state index is 0.0431. The number of rotatable bonds is 5. The van der Waals surface area contributed by atoms with Crippen LogP contribution in [0.1, 0.15) is 26.3 Å². The predicted molar refractivity (Wildman–Crippen MR) is 138 cm³/mol. The summed E-state index contributed by atoms with van der Waals surface area (Å²) >= 11 is 1.51. The molecular weight excluding hydrogens is 453 g/mol. The zero-order chi connectivity index (χ0) is 24.6. The maximum absolute atomic E-state index is 16.2. The predicted octanol–water partition coefficient (Wildman–Crippen LogP) is 5.48. The molecule has 1 heterocycles. The van der Waals surface area contributed by atoms with Crippen LogP contribution in [-0.4, -0.2) is 22.9 Å². The zero-order valence-corrected chi connectivity index (χ0v) is 20.5. The summed E-state index contributed by atoms with van der Waals surface area (Å²) in [4.78, 5) is 26.3. The monoisotopic (exact) mass is 479 g/mol. The van der Waals surface area contributed by atoms with Crippen LogP contribution in [0.25, 0.3) is 27.6 Å². The van der Waals surface area contributed by atoms with Crippen LogP contribution in [-0.2, 0) is 5.41 Å². The number of nitrogens with one attached hydrogen (secondary N) is 2. The van der Waals surface area contributed by atoms with Gasteiger partial charge in [-0.2, -0.15) is 0 Å². The largest absolute Gasteiger partial charge is 0.496 e.